The van der Waals surface area contributed by atoms with Crippen LogP contribution in [0, 0.1) is 0 Å². The Kier molecular flexibility index (Phi) is 30.7. The number of carboxylic acids is 2. The van der Waals surface area contributed by atoms with Crippen molar-refractivity contribution >= 4 is 35.5 Å². The van der Waals surface area contributed by atoms with Crippen LogP contribution in [0.5, 0.6) is 0 Å². The lowest BCUT2D eigenvalue weighted by atomic mass is 10.1. The molecule has 0 aromatic heterocycles. The van der Waals surface area contributed by atoms with Crippen LogP contribution in [-0.4, -0.2) is 37.7 Å². The second-order valence-electron chi connectivity index (χ2n) is 9.91. The fourth-order valence-corrected chi connectivity index (χ4v) is 6.88. The number of unbranched alkanes of at least 4 members (excludes halogenated alkanes) is 16. The van der Waals surface area contributed by atoms with Crippen LogP contribution >= 0.6 is 23.5 Å². The van der Waals surface area contributed by atoms with E-state index in [0.29, 0.717) is 12.8 Å². The van der Waals surface area contributed by atoms with E-state index in [1.165, 1.54) is 103 Å². The summed E-state index contributed by atoms with van der Waals surface area (Å²) >= 11 is 3.39. The Bertz CT molecular complexity index is 462. The highest BCUT2D eigenvalue weighted by Gasteiger charge is 2.37. The Hall–Kier alpha value is -0.360. The van der Waals surface area contributed by atoms with Gasteiger partial charge in [0.1, 0.15) is 0 Å². The third-order valence-corrected chi connectivity index (χ3v) is 9.97. The molecule has 0 unspecified atom stereocenters. The first-order valence-electron chi connectivity index (χ1n) is 15.1. The molecule has 0 heterocycles. The first-order valence-corrected chi connectivity index (χ1v) is 17.1. The Labute approximate surface area is 232 Å². The van der Waals surface area contributed by atoms with Crippen molar-refractivity contribution in [2.45, 2.75) is 167 Å². The summed E-state index contributed by atoms with van der Waals surface area (Å²) in [6.45, 7) is 8.41. The number of carbonyl (C=O) groups is 2. The molecule has 216 valence electrons. The SMILES string of the molecule is CCCC(=O)O.CCCCCCCCCCCSC(CC)(SCCCCCCCCCCC)C(=O)O. The summed E-state index contributed by atoms with van der Waals surface area (Å²) in [6.07, 6.45) is 25.6. The predicted octanol–water partition coefficient (Wildman–Crippen LogP) is 10.6. The molecule has 0 aliphatic carbocycles. The van der Waals surface area contributed by atoms with Gasteiger partial charge in [-0.2, -0.15) is 0 Å². The monoisotopic (exact) mass is 548 g/mol. The third kappa shape index (κ3) is 25.3. The molecule has 6 heteroatoms. The molecular weight excluding hydrogens is 488 g/mol. The molecule has 0 aliphatic heterocycles. The van der Waals surface area contributed by atoms with Gasteiger partial charge in [-0.3, -0.25) is 4.79 Å². The summed E-state index contributed by atoms with van der Waals surface area (Å²) in [5.41, 5.74) is 0. The minimum atomic E-state index is -0.711. The largest absolute Gasteiger partial charge is 0.481 e. The van der Waals surface area contributed by atoms with Gasteiger partial charge < -0.3 is 10.2 Å². The van der Waals surface area contributed by atoms with Crippen LogP contribution in [0.2, 0.25) is 0 Å². The molecular formula is C30H60O4S2. The Balaban J connectivity index is 0. The maximum atomic E-state index is 12.0. The van der Waals surface area contributed by atoms with Crippen molar-refractivity contribution in [1.82, 2.24) is 0 Å². The zero-order valence-electron chi connectivity index (χ0n) is 24.3. The standard InChI is InChI=1S/C26H52O2S2.C4H8O2/c1-4-7-9-11-13-15-17-19-21-23-29-26(6-3,25(27)28)30-24-22-20-18-16-14-12-10-8-5-2;1-2-3-4(5)6/h4-24H2,1-3H3,(H,27,28);2-3H2,1H3,(H,5,6). The number of hydrogen-bond acceptors (Lipinski definition) is 4. The molecule has 0 bridgehead atoms. The van der Waals surface area contributed by atoms with Crippen LogP contribution in [0.25, 0.3) is 0 Å². The van der Waals surface area contributed by atoms with Crippen molar-refractivity contribution in [2.24, 2.45) is 0 Å². The molecule has 2 N–H and O–H groups in total. The highest BCUT2D eigenvalue weighted by molar-refractivity contribution is 8.19. The van der Waals surface area contributed by atoms with Crippen LogP contribution in [0.3, 0.4) is 0 Å². The molecule has 0 aromatic carbocycles. The van der Waals surface area contributed by atoms with E-state index in [1.807, 2.05) is 13.8 Å². The van der Waals surface area contributed by atoms with Crippen LogP contribution in [0.15, 0.2) is 0 Å². The average molecular weight is 549 g/mol. The van der Waals surface area contributed by atoms with E-state index in [1.54, 1.807) is 23.5 Å². The highest BCUT2D eigenvalue weighted by atomic mass is 32.2. The van der Waals surface area contributed by atoms with Gasteiger partial charge in [-0.1, -0.05) is 130 Å². The molecule has 0 rings (SSSR count). The third-order valence-electron chi connectivity index (χ3n) is 6.42. The van der Waals surface area contributed by atoms with Crippen molar-refractivity contribution in [3.05, 3.63) is 0 Å². The van der Waals surface area contributed by atoms with E-state index < -0.39 is 16.0 Å². The van der Waals surface area contributed by atoms with E-state index in [4.69, 9.17) is 5.11 Å². The molecule has 0 radical (unpaired) electrons. The second kappa shape index (κ2) is 29.2. The smallest absolute Gasteiger partial charge is 0.330 e. The first-order chi connectivity index (χ1) is 17.4. The summed E-state index contributed by atoms with van der Waals surface area (Å²) < 4.78 is -0.625. The van der Waals surface area contributed by atoms with Gasteiger partial charge in [0.15, 0.2) is 4.08 Å². The molecule has 0 spiro atoms. The van der Waals surface area contributed by atoms with Gasteiger partial charge in [0.2, 0.25) is 0 Å². The molecule has 0 saturated carbocycles. The predicted molar refractivity (Wildman–Crippen MR) is 163 cm³/mol. The average Bonchev–Trinajstić information content (AvgIpc) is 2.85. The van der Waals surface area contributed by atoms with E-state index in [2.05, 4.69) is 13.8 Å². The van der Waals surface area contributed by atoms with Gasteiger partial charge in [0.05, 0.1) is 0 Å². The number of aliphatic carboxylic acids is 2. The summed E-state index contributed by atoms with van der Waals surface area (Å²) in [5, 5.41) is 17.8. The number of hydrogen-bond donors (Lipinski definition) is 2. The lowest BCUT2D eigenvalue weighted by Crippen LogP contribution is -2.31. The molecule has 0 atom stereocenters. The van der Waals surface area contributed by atoms with Crippen molar-refractivity contribution in [3.8, 4) is 0 Å². The second-order valence-corrected chi connectivity index (χ2v) is 13.0. The van der Waals surface area contributed by atoms with E-state index in [0.717, 1.165) is 30.8 Å². The van der Waals surface area contributed by atoms with Crippen LogP contribution in [0.4, 0.5) is 0 Å². The summed E-state index contributed by atoms with van der Waals surface area (Å²) in [5.74, 6) is 0.644. The Morgan fingerprint density at radius 3 is 1.08 bits per heavy atom. The minimum absolute atomic E-state index is 0.292. The number of rotatable bonds is 26. The van der Waals surface area contributed by atoms with Gasteiger partial charge in [0.25, 0.3) is 0 Å². The van der Waals surface area contributed by atoms with Crippen LogP contribution in [0.1, 0.15) is 163 Å². The van der Waals surface area contributed by atoms with Gasteiger partial charge >= 0.3 is 11.9 Å². The molecule has 0 saturated heterocycles. The molecule has 4 nitrogen and oxygen atoms in total. The highest BCUT2D eigenvalue weighted by Crippen LogP contribution is 2.41. The normalized spacial score (nSPS) is 11.2. The van der Waals surface area contributed by atoms with Crippen molar-refractivity contribution in [2.75, 3.05) is 11.5 Å². The zero-order valence-corrected chi connectivity index (χ0v) is 25.9. The lowest BCUT2D eigenvalue weighted by molar-refractivity contribution is -0.138. The van der Waals surface area contributed by atoms with Crippen molar-refractivity contribution < 1.29 is 19.8 Å². The van der Waals surface area contributed by atoms with Gasteiger partial charge in [-0.25, -0.2) is 4.79 Å². The maximum absolute atomic E-state index is 12.0. The van der Waals surface area contributed by atoms with E-state index in [9.17, 15) is 14.7 Å². The Morgan fingerprint density at radius 1 is 0.528 bits per heavy atom. The first kappa shape index (κ1) is 37.8. The van der Waals surface area contributed by atoms with Gasteiger partial charge in [0, 0.05) is 6.42 Å². The lowest BCUT2D eigenvalue weighted by Gasteiger charge is -2.27. The molecule has 0 aromatic rings. The van der Waals surface area contributed by atoms with E-state index in [-0.39, 0.29) is 0 Å². The zero-order chi connectivity index (χ0) is 27.3. The number of thioether (sulfide) groups is 2. The van der Waals surface area contributed by atoms with Crippen LogP contribution in [-0.2, 0) is 9.59 Å². The topological polar surface area (TPSA) is 74.6 Å². The van der Waals surface area contributed by atoms with Crippen LogP contribution < -0.4 is 0 Å². The fraction of sp³-hybridized carbons (Fsp3) is 0.933. The molecule has 0 amide bonds. The van der Waals surface area contributed by atoms with E-state index >= 15 is 0 Å². The maximum Gasteiger partial charge on any atom is 0.330 e. The van der Waals surface area contributed by atoms with Gasteiger partial charge in [-0.05, 0) is 37.2 Å². The fourth-order valence-electron chi connectivity index (χ4n) is 4.03. The minimum Gasteiger partial charge on any atom is -0.481 e. The number of carboxylic acid groups (broad SMARTS) is 2. The molecule has 0 fully saturated rings. The van der Waals surface area contributed by atoms with Gasteiger partial charge in [-0.15, -0.1) is 23.5 Å². The van der Waals surface area contributed by atoms with Crippen molar-refractivity contribution in [1.29, 1.82) is 0 Å². The summed E-state index contributed by atoms with van der Waals surface area (Å²) in [4.78, 5) is 21.6. The molecule has 36 heavy (non-hydrogen) atoms. The van der Waals surface area contributed by atoms with Crippen molar-refractivity contribution in [3.63, 3.8) is 0 Å². The summed E-state index contributed by atoms with van der Waals surface area (Å²) in [7, 11) is 0. The Morgan fingerprint density at radius 2 is 0.861 bits per heavy atom. The quantitative estimate of drug-likeness (QED) is 0.0827. The summed E-state index contributed by atoms with van der Waals surface area (Å²) in [6, 6.07) is 0. The molecule has 0 aliphatic rings.